The summed E-state index contributed by atoms with van der Waals surface area (Å²) in [5.41, 5.74) is 0.402. The van der Waals surface area contributed by atoms with Crippen LogP contribution in [0.4, 0.5) is 8.78 Å². The average molecular weight is 457 g/mol. The maximum atomic E-state index is 13.5. The van der Waals surface area contributed by atoms with E-state index in [0.29, 0.717) is 11.5 Å². The van der Waals surface area contributed by atoms with Gasteiger partial charge in [-0.25, -0.2) is 8.78 Å². The number of hydrogen-bond donors (Lipinski definition) is 1. The Morgan fingerprint density at radius 3 is 2.71 bits per heavy atom. The Morgan fingerprint density at radius 2 is 2.04 bits per heavy atom. The highest BCUT2D eigenvalue weighted by Gasteiger charge is 2.47. The largest absolute Gasteiger partial charge is 0.343 e. The third-order valence-corrected chi connectivity index (χ3v) is 6.11. The number of nitrogens with zero attached hydrogens (tertiary/aromatic N) is 3. The molecule has 1 N–H and O–H groups in total. The van der Waals surface area contributed by atoms with Crippen molar-refractivity contribution in [3.8, 4) is 6.07 Å². The number of carbonyl (C=O) groups excluding carboxylic acids is 2. The van der Waals surface area contributed by atoms with E-state index in [1.165, 1.54) is 32.1 Å². The summed E-state index contributed by atoms with van der Waals surface area (Å²) in [7, 11) is 0. The molecular formula is C19H23BrF2N4O2. The van der Waals surface area contributed by atoms with E-state index < -0.39 is 43.3 Å². The molecule has 0 unspecified atom stereocenters. The topological polar surface area (TPSA) is 78.1 Å². The number of nitriles is 1. The number of aromatic nitrogens is 1. The number of hydrogen-bond acceptors (Lipinski definition) is 3. The summed E-state index contributed by atoms with van der Waals surface area (Å²) in [6.07, 6.45) is 7.18. The molecule has 6 nitrogen and oxygen atoms in total. The van der Waals surface area contributed by atoms with Gasteiger partial charge in [0.1, 0.15) is 6.04 Å². The Hall–Kier alpha value is -1.95. The second kappa shape index (κ2) is 8.60. The molecule has 28 heavy (non-hydrogen) atoms. The molecule has 0 radical (unpaired) electrons. The highest BCUT2D eigenvalue weighted by molar-refractivity contribution is 9.10. The summed E-state index contributed by atoms with van der Waals surface area (Å²) in [5.74, 6) is -3.61. The smallest absolute Gasteiger partial charge is 0.268 e. The minimum Gasteiger partial charge on any atom is -0.343 e. The first kappa shape index (κ1) is 20.8. The monoisotopic (exact) mass is 456 g/mol. The molecular weight excluding hydrogens is 434 g/mol. The Balaban J connectivity index is 1.55. The molecule has 3 rings (SSSR count). The van der Waals surface area contributed by atoms with E-state index in [4.69, 9.17) is 5.26 Å². The van der Waals surface area contributed by atoms with Gasteiger partial charge in [-0.05, 0) is 40.8 Å². The first-order chi connectivity index (χ1) is 13.3. The molecule has 1 saturated heterocycles. The Labute approximate surface area is 171 Å². The van der Waals surface area contributed by atoms with Gasteiger partial charge in [0.05, 0.1) is 29.3 Å². The van der Waals surface area contributed by atoms with Crippen molar-refractivity contribution in [1.82, 2.24) is 14.8 Å². The summed E-state index contributed by atoms with van der Waals surface area (Å²) in [5, 5.41) is 11.4. The molecule has 2 heterocycles. The van der Waals surface area contributed by atoms with Crippen LogP contribution in [-0.4, -0.2) is 46.3 Å². The number of nitrogens with one attached hydrogen (secondary N) is 1. The zero-order valence-corrected chi connectivity index (χ0v) is 17.1. The lowest BCUT2D eigenvalue weighted by Gasteiger charge is -2.22. The van der Waals surface area contributed by atoms with Crippen LogP contribution in [0.25, 0.3) is 0 Å². The quantitative estimate of drug-likeness (QED) is 0.737. The molecule has 1 aromatic rings. The molecule has 1 aromatic heterocycles. The lowest BCUT2D eigenvalue weighted by Crippen LogP contribution is -2.42. The van der Waals surface area contributed by atoms with Crippen molar-refractivity contribution < 1.29 is 18.4 Å². The zero-order valence-electron chi connectivity index (χ0n) is 15.5. The van der Waals surface area contributed by atoms with Crippen molar-refractivity contribution in [2.45, 2.75) is 57.0 Å². The molecule has 2 aliphatic rings. The summed E-state index contributed by atoms with van der Waals surface area (Å²) in [4.78, 5) is 25.4. The van der Waals surface area contributed by atoms with Gasteiger partial charge in [0, 0.05) is 19.2 Å². The van der Waals surface area contributed by atoms with Crippen LogP contribution < -0.4 is 5.32 Å². The Kier molecular flexibility index (Phi) is 6.38. The maximum absolute atomic E-state index is 13.5. The van der Waals surface area contributed by atoms with Crippen LogP contribution in [0.5, 0.6) is 0 Å². The summed E-state index contributed by atoms with van der Waals surface area (Å²) in [6.45, 7) is -0.374. The number of amides is 2. The molecule has 1 aliphatic heterocycles. The van der Waals surface area contributed by atoms with Crippen LogP contribution in [0, 0.1) is 17.2 Å². The number of alkyl halides is 2. The van der Waals surface area contributed by atoms with Crippen molar-refractivity contribution in [3.63, 3.8) is 0 Å². The molecule has 1 atom stereocenters. The van der Waals surface area contributed by atoms with Crippen LogP contribution in [0.1, 0.15) is 48.9 Å². The lowest BCUT2D eigenvalue weighted by atomic mass is 9.89. The van der Waals surface area contributed by atoms with E-state index in [-0.39, 0.29) is 0 Å². The highest BCUT2D eigenvalue weighted by atomic mass is 79.9. The second-order valence-electron chi connectivity index (χ2n) is 7.62. The van der Waals surface area contributed by atoms with Gasteiger partial charge in [0.2, 0.25) is 5.91 Å². The molecule has 1 aliphatic carbocycles. The summed E-state index contributed by atoms with van der Waals surface area (Å²) in [6, 6.07) is 2.25. The molecule has 0 bridgehead atoms. The minimum atomic E-state index is -3.07. The number of rotatable bonds is 5. The van der Waals surface area contributed by atoms with Gasteiger partial charge in [0.25, 0.3) is 11.8 Å². The van der Waals surface area contributed by atoms with Gasteiger partial charge in [-0.3, -0.25) is 9.59 Å². The Morgan fingerprint density at radius 1 is 1.32 bits per heavy atom. The summed E-state index contributed by atoms with van der Waals surface area (Å²) < 4.78 is 29.7. The first-order valence-corrected chi connectivity index (χ1v) is 10.3. The Bertz CT molecular complexity index is 783. The van der Waals surface area contributed by atoms with Crippen LogP contribution in [0.15, 0.2) is 16.9 Å². The zero-order chi connectivity index (χ0) is 20.3. The molecule has 152 valence electrons. The standard InChI is InChI=1S/C19H23BrF2N4O2/c20-16-6-14(11-25(16)10-13-4-2-1-3-5-13)18(28)24-9-17(27)26-12-19(21,22)7-15(26)8-23/h6,11,13,15H,1-5,7,9-10,12H2,(H,24,28)/t15-/m0/s1. The van der Waals surface area contributed by atoms with Gasteiger partial charge >= 0.3 is 0 Å². The van der Waals surface area contributed by atoms with Crippen LogP contribution >= 0.6 is 15.9 Å². The first-order valence-electron chi connectivity index (χ1n) is 9.50. The fraction of sp³-hybridized carbons (Fsp3) is 0.632. The van der Waals surface area contributed by atoms with E-state index in [9.17, 15) is 18.4 Å². The van der Waals surface area contributed by atoms with Crippen LogP contribution in [0.3, 0.4) is 0 Å². The maximum Gasteiger partial charge on any atom is 0.268 e. The summed E-state index contributed by atoms with van der Waals surface area (Å²) >= 11 is 3.46. The lowest BCUT2D eigenvalue weighted by molar-refractivity contribution is -0.131. The van der Waals surface area contributed by atoms with Crippen molar-refractivity contribution >= 4 is 27.7 Å². The molecule has 0 spiro atoms. The SMILES string of the molecule is N#C[C@@H]1CC(F)(F)CN1C(=O)CNC(=O)c1cc(Br)n(CC2CCCCC2)c1. The van der Waals surface area contributed by atoms with Crippen LogP contribution in [0.2, 0.25) is 0 Å². The fourth-order valence-corrected chi connectivity index (χ4v) is 4.44. The van der Waals surface area contributed by atoms with Crippen molar-refractivity contribution in [2.24, 2.45) is 5.92 Å². The number of carbonyl (C=O) groups is 2. The second-order valence-corrected chi connectivity index (χ2v) is 8.43. The molecule has 9 heteroatoms. The van der Waals surface area contributed by atoms with E-state index in [1.54, 1.807) is 18.3 Å². The molecule has 1 saturated carbocycles. The van der Waals surface area contributed by atoms with Gasteiger partial charge in [-0.1, -0.05) is 19.3 Å². The van der Waals surface area contributed by atoms with E-state index in [2.05, 4.69) is 21.2 Å². The predicted molar refractivity (Wildman–Crippen MR) is 102 cm³/mol. The van der Waals surface area contributed by atoms with E-state index in [0.717, 1.165) is 16.0 Å². The van der Waals surface area contributed by atoms with Crippen molar-refractivity contribution in [3.05, 3.63) is 22.4 Å². The minimum absolute atomic E-state index is 0.402. The predicted octanol–water partition coefficient (Wildman–Crippen LogP) is 3.32. The molecule has 2 fully saturated rings. The molecule has 2 amide bonds. The normalized spacial score (nSPS) is 22.1. The van der Waals surface area contributed by atoms with E-state index in [1.807, 2.05) is 4.57 Å². The fourth-order valence-electron chi connectivity index (χ4n) is 3.94. The van der Waals surface area contributed by atoms with Crippen molar-refractivity contribution in [2.75, 3.05) is 13.1 Å². The highest BCUT2D eigenvalue weighted by Crippen LogP contribution is 2.31. The number of halogens is 3. The average Bonchev–Trinajstić information content (AvgIpc) is 3.19. The van der Waals surface area contributed by atoms with Gasteiger partial charge < -0.3 is 14.8 Å². The third kappa shape index (κ3) is 4.90. The van der Waals surface area contributed by atoms with Crippen LogP contribution in [-0.2, 0) is 11.3 Å². The van der Waals surface area contributed by atoms with Gasteiger partial charge in [0.15, 0.2) is 0 Å². The van der Waals surface area contributed by atoms with E-state index >= 15 is 0 Å². The number of likely N-dealkylation sites (tertiary alicyclic amines) is 1. The molecule has 0 aromatic carbocycles. The van der Waals surface area contributed by atoms with Gasteiger partial charge in [-0.2, -0.15) is 5.26 Å². The van der Waals surface area contributed by atoms with Crippen molar-refractivity contribution in [1.29, 1.82) is 5.26 Å². The third-order valence-electron chi connectivity index (χ3n) is 5.43. The van der Waals surface area contributed by atoms with Gasteiger partial charge in [-0.15, -0.1) is 0 Å².